The molecule has 2 heterocycles. The van der Waals surface area contributed by atoms with Crippen molar-refractivity contribution in [2.24, 2.45) is 0 Å². The first-order valence-electron chi connectivity index (χ1n) is 7.13. The first-order chi connectivity index (χ1) is 11.1. The van der Waals surface area contributed by atoms with E-state index >= 15 is 0 Å². The van der Waals surface area contributed by atoms with Crippen LogP contribution in [0.5, 0.6) is 0 Å². The van der Waals surface area contributed by atoms with Crippen molar-refractivity contribution in [1.29, 1.82) is 0 Å². The number of methoxy groups -OCH3 is 1. The Bertz CT molecular complexity index is 759. The molecular weight excluding hydrogens is 316 g/mol. The summed E-state index contributed by atoms with van der Waals surface area (Å²) in [5.41, 5.74) is 3.49. The van der Waals surface area contributed by atoms with Crippen LogP contribution in [0.25, 0.3) is 0 Å². The van der Waals surface area contributed by atoms with Gasteiger partial charge in [0.2, 0.25) is 0 Å². The maximum Gasteiger partial charge on any atom is 0.409 e. The minimum absolute atomic E-state index is 0.224. The molecule has 1 N–H and O–H groups in total. The van der Waals surface area contributed by atoms with Gasteiger partial charge in [-0.25, -0.2) is 4.79 Å². The normalized spacial score (nSPS) is 13.4. The number of carbonyl (C=O) groups excluding carboxylic acids is 2. The second-order valence-electron chi connectivity index (χ2n) is 5.27. The molecule has 2 amide bonds. The van der Waals surface area contributed by atoms with Crippen LogP contribution >= 0.6 is 11.5 Å². The summed E-state index contributed by atoms with van der Waals surface area (Å²) in [5, 5.41) is 6.69. The van der Waals surface area contributed by atoms with Crippen LogP contribution in [-0.4, -0.2) is 40.1 Å². The average Bonchev–Trinajstić information content (AvgIpc) is 2.99. The highest BCUT2D eigenvalue weighted by Crippen LogP contribution is 2.24. The van der Waals surface area contributed by atoms with E-state index in [0.717, 1.165) is 23.5 Å². The fraction of sp³-hybridized carbons (Fsp3) is 0.333. The van der Waals surface area contributed by atoms with E-state index in [1.54, 1.807) is 11.8 Å². The Labute approximate surface area is 137 Å². The maximum absolute atomic E-state index is 12.2. The molecule has 0 spiro atoms. The van der Waals surface area contributed by atoms with Crippen molar-refractivity contribution >= 4 is 29.2 Å². The number of ether oxygens (including phenoxy) is 1. The molecule has 2 aromatic rings. The number of hydrogen-bond donors (Lipinski definition) is 1. The topological polar surface area (TPSA) is 84.4 Å². The highest BCUT2D eigenvalue weighted by atomic mass is 32.1. The van der Waals surface area contributed by atoms with Crippen molar-refractivity contribution < 1.29 is 14.3 Å². The van der Waals surface area contributed by atoms with Crippen molar-refractivity contribution in [3.05, 3.63) is 39.9 Å². The van der Waals surface area contributed by atoms with Gasteiger partial charge in [-0.15, -0.1) is 5.10 Å². The summed E-state index contributed by atoms with van der Waals surface area (Å²) in [4.78, 5) is 26.0. The number of benzene rings is 1. The lowest BCUT2D eigenvalue weighted by Crippen LogP contribution is -2.35. The van der Waals surface area contributed by atoms with E-state index in [0.29, 0.717) is 29.3 Å². The number of carbonyl (C=O) groups is 2. The average molecular weight is 332 g/mol. The van der Waals surface area contributed by atoms with Crippen LogP contribution < -0.4 is 5.32 Å². The van der Waals surface area contributed by atoms with Gasteiger partial charge in [-0.05, 0) is 48.1 Å². The predicted molar refractivity (Wildman–Crippen MR) is 85.6 cm³/mol. The number of hydrogen-bond acceptors (Lipinski definition) is 6. The predicted octanol–water partition coefficient (Wildman–Crippen LogP) is 2.22. The third-order valence-electron chi connectivity index (χ3n) is 3.77. The van der Waals surface area contributed by atoms with E-state index in [1.165, 1.54) is 12.7 Å². The molecule has 0 aliphatic carbocycles. The summed E-state index contributed by atoms with van der Waals surface area (Å²) in [6, 6.07) is 5.75. The molecule has 0 saturated carbocycles. The Hall–Kier alpha value is -2.48. The summed E-state index contributed by atoms with van der Waals surface area (Å²) in [6.07, 6.45) is 0.438. The van der Waals surface area contributed by atoms with Crippen molar-refractivity contribution in [2.75, 3.05) is 19.0 Å². The van der Waals surface area contributed by atoms with Crippen LogP contribution in [0, 0.1) is 6.92 Å². The van der Waals surface area contributed by atoms with E-state index in [-0.39, 0.29) is 12.0 Å². The van der Waals surface area contributed by atoms with Crippen molar-refractivity contribution in [1.82, 2.24) is 14.5 Å². The van der Waals surface area contributed by atoms with E-state index in [9.17, 15) is 9.59 Å². The number of aryl methyl sites for hydroxylation is 1. The van der Waals surface area contributed by atoms with Crippen LogP contribution in [0.15, 0.2) is 18.2 Å². The second-order valence-corrected chi connectivity index (χ2v) is 6.02. The molecular formula is C15H16N4O3S. The van der Waals surface area contributed by atoms with Gasteiger partial charge in [-0.1, -0.05) is 10.6 Å². The van der Waals surface area contributed by atoms with Crippen LogP contribution in [0.3, 0.4) is 0 Å². The number of anilines is 1. The lowest BCUT2D eigenvalue weighted by atomic mass is 9.99. The number of amides is 2. The van der Waals surface area contributed by atoms with Gasteiger partial charge in [-0.2, -0.15) is 0 Å². The minimum atomic E-state index is -0.337. The van der Waals surface area contributed by atoms with Gasteiger partial charge in [0.05, 0.1) is 12.8 Å². The van der Waals surface area contributed by atoms with E-state index < -0.39 is 0 Å². The summed E-state index contributed by atoms with van der Waals surface area (Å²) in [7, 11) is 1.37. The van der Waals surface area contributed by atoms with Crippen LogP contribution in [0.1, 0.15) is 26.5 Å². The molecule has 7 nitrogen and oxygen atoms in total. The molecule has 120 valence electrons. The van der Waals surface area contributed by atoms with Gasteiger partial charge in [0, 0.05) is 18.8 Å². The number of aromatic nitrogens is 2. The monoisotopic (exact) mass is 332 g/mol. The van der Waals surface area contributed by atoms with Crippen LogP contribution in [-0.2, 0) is 17.7 Å². The van der Waals surface area contributed by atoms with Crippen LogP contribution in [0.4, 0.5) is 10.5 Å². The van der Waals surface area contributed by atoms with Gasteiger partial charge < -0.3 is 15.0 Å². The van der Waals surface area contributed by atoms with Gasteiger partial charge in [0.25, 0.3) is 5.91 Å². The third kappa shape index (κ3) is 3.16. The smallest absolute Gasteiger partial charge is 0.409 e. The standard InChI is InChI=1S/C15H16N4O3S/c1-9-13(23-18-17-9)14(20)16-12-4-3-10-5-6-19(15(21)22-2)8-11(10)7-12/h3-4,7H,5-6,8H2,1-2H3,(H,16,20). The van der Waals surface area contributed by atoms with Crippen LogP contribution in [0.2, 0.25) is 0 Å². The summed E-state index contributed by atoms with van der Waals surface area (Å²) in [5.74, 6) is -0.224. The highest BCUT2D eigenvalue weighted by Gasteiger charge is 2.22. The minimum Gasteiger partial charge on any atom is -0.453 e. The number of rotatable bonds is 2. The third-order valence-corrected chi connectivity index (χ3v) is 4.59. The molecule has 1 aromatic heterocycles. The lowest BCUT2D eigenvalue weighted by molar-refractivity contribution is 0.102. The molecule has 0 unspecified atom stereocenters. The Kier molecular flexibility index (Phi) is 4.24. The Morgan fingerprint density at radius 1 is 1.35 bits per heavy atom. The lowest BCUT2D eigenvalue weighted by Gasteiger charge is -2.28. The van der Waals surface area contributed by atoms with Gasteiger partial charge in [0.15, 0.2) is 0 Å². The Morgan fingerprint density at radius 3 is 2.87 bits per heavy atom. The van der Waals surface area contributed by atoms with Gasteiger partial charge >= 0.3 is 6.09 Å². The van der Waals surface area contributed by atoms with Gasteiger partial charge in [0.1, 0.15) is 4.88 Å². The van der Waals surface area contributed by atoms with Crippen molar-refractivity contribution in [2.45, 2.75) is 19.9 Å². The summed E-state index contributed by atoms with van der Waals surface area (Å²) >= 11 is 1.07. The fourth-order valence-electron chi connectivity index (χ4n) is 2.55. The maximum atomic E-state index is 12.2. The largest absolute Gasteiger partial charge is 0.453 e. The van der Waals surface area contributed by atoms with E-state index in [2.05, 4.69) is 14.9 Å². The molecule has 0 bridgehead atoms. The molecule has 0 radical (unpaired) electrons. The molecule has 0 atom stereocenters. The summed E-state index contributed by atoms with van der Waals surface area (Å²) in [6.45, 7) is 2.86. The molecule has 3 rings (SSSR count). The zero-order chi connectivity index (χ0) is 16.4. The molecule has 1 aliphatic heterocycles. The van der Waals surface area contributed by atoms with E-state index in [1.807, 2.05) is 18.2 Å². The highest BCUT2D eigenvalue weighted by molar-refractivity contribution is 7.08. The van der Waals surface area contributed by atoms with Crippen molar-refractivity contribution in [3.63, 3.8) is 0 Å². The quantitative estimate of drug-likeness (QED) is 0.911. The number of nitrogens with one attached hydrogen (secondary N) is 1. The van der Waals surface area contributed by atoms with Crippen molar-refractivity contribution in [3.8, 4) is 0 Å². The molecule has 23 heavy (non-hydrogen) atoms. The molecule has 1 aliphatic rings. The zero-order valence-electron chi connectivity index (χ0n) is 12.8. The first kappa shape index (κ1) is 15.4. The zero-order valence-corrected chi connectivity index (χ0v) is 13.6. The number of nitrogens with zero attached hydrogens (tertiary/aromatic N) is 3. The molecule has 0 fully saturated rings. The molecule has 1 aromatic carbocycles. The molecule has 0 saturated heterocycles. The fourth-order valence-corrected chi connectivity index (χ4v) is 3.10. The summed E-state index contributed by atoms with van der Waals surface area (Å²) < 4.78 is 8.53. The number of fused-ring (bicyclic) bond motifs is 1. The van der Waals surface area contributed by atoms with E-state index in [4.69, 9.17) is 4.74 Å². The molecule has 8 heteroatoms. The Balaban J connectivity index is 1.77. The Morgan fingerprint density at radius 2 is 2.17 bits per heavy atom. The second kappa shape index (κ2) is 6.33. The first-order valence-corrected chi connectivity index (χ1v) is 7.91. The SMILES string of the molecule is COC(=O)N1CCc2ccc(NC(=O)c3snnc3C)cc2C1. The van der Waals surface area contributed by atoms with Gasteiger partial charge in [-0.3, -0.25) is 4.79 Å².